The highest BCUT2D eigenvalue weighted by atomic mass is 15.4. The van der Waals surface area contributed by atoms with Gasteiger partial charge in [-0.1, -0.05) is 36.4 Å². The number of nitrogens with zero attached hydrogens (tertiary/aromatic N) is 3. The summed E-state index contributed by atoms with van der Waals surface area (Å²) < 4.78 is 0. The third-order valence-corrected chi connectivity index (χ3v) is 2.88. The Morgan fingerprint density at radius 3 is 2.00 bits per heavy atom. The van der Waals surface area contributed by atoms with E-state index < -0.39 is 0 Å². The zero-order valence-corrected chi connectivity index (χ0v) is 12.2. The molecule has 0 atom stereocenters. The lowest BCUT2D eigenvalue weighted by atomic mass is 10.3. The summed E-state index contributed by atoms with van der Waals surface area (Å²) in [6, 6.07) is 19.0. The van der Waals surface area contributed by atoms with Crippen molar-refractivity contribution in [2.45, 2.75) is 0 Å². The summed E-state index contributed by atoms with van der Waals surface area (Å²) in [4.78, 5) is 7.68. The first-order valence-electron chi connectivity index (χ1n) is 6.60. The maximum atomic E-state index is 8.23. The molecule has 5 nitrogen and oxygen atoms in total. The number of guanidine groups is 2. The van der Waals surface area contributed by atoms with Crippen LogP contribution in [0.3, 0.4) is 0 Å². The maximum absolute atomic E-state index is 8.23. The number of hydrogen-bond acceptors (Lipinski definition) is 2. The molecule has 0 aromatic heterocycles. The summed E-state index contributed by atoms with van der Waals surface area (Å²) >= 11 is 0. The van der Waals surface area contributed by atoms with Crippen LogP contribution in [0.1, 0.15) is 0 Å². The van der Waals surface area contributed by atoms with E-state index in [2.05, 4.69) is 4.99 Å². The van der Waals surface area contributed by atoms with E-state index in [0.717, 1.165) is 11.4 Å². The largest absolute Gasteiger partial charge is 0.369 e. The van der Waals surface area contributed by atoms with Crippen LogP contribution < -0.4 is 10.6 Å². The fourth-order valence-electron chi connectivity index (χ4n) is 1.82. The summed E-state index contributed by atoms with van der Waals surface area (Å²) in [6.07, 6.45) is 0. The Morgan fingerprint density at radius 2 is 1.48 bits per heavy atom. The number of aliphatic imine (C=N–C) groups is 1. The predicted octanol–water partition coefficient (Wildman–Crippen LogP) is 2.64. The van der Waals surface area contributed by atoms with Crippen molar-refractivity contribution >= 4 is 23.3 Å². The number of rotatable bonds is 2. The summed E-state index contributed by atoms with van der Waals surface area (Å²) in [7, 11) is 3.60. The van der Waals surface area contributed by atoms with Gasteiger partial charge in [0.05, 0.1) is 11.4 Å². The molecule has 0 heterocycles. The summed E-state index contributed by atoms with van der Waals surface area (Å²) in [5.74, 6) is 0.504. The van der Waals surface area contributed by atoms with Gasteiger partial charge in [0.15, 0.2) is 0 Å². The van der Waals surface area contributed by atoms with Crippen molar-refractivity contribution in [3.05, 3.63) is 60.7 Å². The molecule has 21 heavy (non-hydrogen) atoms. The Hall–Kier alpha value is -2.82. The van der Waals surface area contributed by atoms with Gasteiger partial charge in [0.1, 0.15) is 0 Å². The van der Waals surface area contributed by atoms with Gasteiger partial charge in [-0.15, -0.1) is 0 Å². The molecule has 0 unspecified atom stereocenters. The van der Waals surface area contributed by atoms with Gasteiger partial charge in [-0.2, -0.15) is 0 Å². The van der Waals surface area contributed by atoms with E-state index in [1.54, 1.807) is 23.9 Å². The van der Waals surface area contributed by atoms with Crippen molar-refractivity contribution in [2.75, 3.05) is 19.0 Å². The predicted molar refractivity (Wildman–Crippen MR) is 88.1 cm³/mol. The van der Waals surface area contributed by atoms with E-state index >= 15 is 0 Å². The van der Waals surface area contributed by atoms with Crippen molar-refractivity contribution in [1.29, 1.82) is 5.41 Å². The Kier molecular flexibility index (Phi) is 4.56. The smallest absolute Gasteiger partial charge is 0.208 e. The summed E-state index contributed by atoms with van der Waals surface area (Å²) in [5.41, 5.74) is 7.68. The van der Waals surface area contributed by atoms with Crippen LogP contribution in [-0.4, -0.2) is 30.9 Å². The molecule has 5 heteroatoms. The van der Waals surface area contributed by atoms with Crippen molar-refractivity contribution in [1.82, 2.24) is 4.90 Å². The molecule has 3 N–H and O–H groups in total. The third kappa shape index (κ3) is 3.60. The topological polar surface area (TPSA) is 68.7 Å². The van der Waals surface area contributed by atoms with Gasteiger partial charge in [-0.3, -0.25) is 10.3 Å². The van der Waals surface area contributed by atoms with Crippen LogP contribution in [0.25, 0.3) is 0 Å². The Morgan fingerprint density at radius 1 is 0.952 bits per heavy atom. The van der Waals surface area contributed by atoms with Crippen molar-refractivity contribution in [2.24, 2.45) is 10.7 Å². The molecule has 0 bridgehead atoms. The lowest BCUT2D eigenvalue weighted by molar-refractivity contribution is 0.608. The van der Waals surface area contributed by atoms with Gasteiger partial charge >= 0.3 is 0 Å². The number of para-hydroxylation sites is 2. The monoisotopic (exact) mass is 281 g/mol. The van der Waals surface area contributed by atoms with Crippen molar-refractivity contribution in [3.63, 3.8) is 0 Å². The standard InChI is InChI=1S/C16H19N5/c1-20(2)16(18)21(14-11-7-4-8-12-14)15(17)19-13-9-5-3-6-10-13/h3-12,18H,1-2H3,(H2,17,19). The molecule has 0 aliphatic carbocycles. The van der Waals surface area contributed by atoms with E-state index in [1.807, 2.05) is 60.7 Å². The first-order valence-corrected chi connectivity index (χ1v) is 6.60. The average molecular weight is 281 g/mol. The van der Waals surface area contributed by atoms with Gasteiger partial charge in [-0.25, -0.2) is 4.99 Å². The van der Waals surface area contributed by atoms with Crippen LogP contribution in [-0.2, 0) is 0 Å². The fourth-order valence-corrected chi connectivity index (χ4v) is 1.82. The molecule has 0 saturated heterocycles. The van der Waals surface area contributed by atoms with E-state index in [9.17, 15) is 0 Å². The zero-order chi connectivity index (χ0) is 15.2. The zero-order valence-electron chi connectivity index (χ0n) is 12.2. The van der Waals surface area contributed by atoms with Gasteiger partial charge in [-0.05, 0) is 24.3 Å². The molecule has 2 aromatic rings. The average Bonchev–Trinajstić information content (AvgIpc) is 2.49. The second-order valence-electron chi connectivity index (χ2n) is 4.69. The van der Waals surface area contributed by atoms with Crippen molar-refractivity contribution in [3.8, 4) is 0 Å². The molecular weight excluding hydrogens is 262 g/mol. The Labute approximate surface area is 124 Å². The molecular formula is C16H19N5. The van der Waals surface area contributed by atoms with Crippen molar-refractivity contribution < 1.29 is 0 Å². The SMILES string of the molecule is CN(C)C(=N)N(C(N)=Nc1ccccc1)c1ccccc1. The molecule has 2 aromatic carbocycles. The lowest BCUT2D eigenvalue weighted by Crippen LogP contribution is -2.47. The second-order valence-corrected chi connectivity index (χ2v) is 4.69. The van der Waals surface area contributed by atoms with E-state index in [-0.39, 0.29) is 11.9 Å². The molecule has 0 radical (unpaired) electrons. The maximum Gasteiger partial charge on any atom is 0.208 e. The van der Waals surface area contributed by atoms with Crippen LogP contribution >= 0.6 is 0 Å². The molecule has 0 spiro atoms. The Bertz CT molecular complexity index is 620. The molecule has 0 fully saturated rings. The number of anilines is 1. The summed E-state index contributed by atoms with van der Waals surface area (Å²) in [6.45, 7) is 0. The molecule has 0 amide bonds. The van der Waals surface area contributed by atoms with E-state index in [0.29, 0.717) is 0 Å². The minimum Gasteiger partial charge on any atom is -0.369 e. The highest BCUT2D eigenvalue weighted by Crippen LogP contribution is 2.17. The normalized spacial score (nSPS) is 11.0. The molecule has 0 aliphatic rings. The fraction of sp³-hybridized carbons (Fsp3) is 0.125. The Balaban J connectivity index is 2.40. The first kappa shape index (κ1) is 14.6. The van der Waals surface area contributed by atoms with E-state index in [1.165, 1.54) is 0 Å². The second kappa shape index (κ2) is 6.56. The van der Waals surface area contributed by atoms with E-state index in [4.69, 9.17) is 11.1 Å². The van der Waals surface area contributed by atoms with Crippen LogP contribution in [0.4, 0.5) is 11.4 Å². The van der Waals surface area contributed by atoms with Crippen LogP contribution in [0.2, 0.25) is 0 Å². The van der Waals surface area contributed by atoms with Gasteiger partial charge in [0, 0.05) is 14.1 Å². The number of hydrogen-bond donors (Lipinski definition) is 2. The van der Waals surface area contributed by atoms with Gasteiger partial charge in [0.2, 0.25) is 11.9 Å². The van der Waals surface area contributed by atoms with Gasteiger partial charge in [0.25, 0.3) is 0 Å². The number of nitrogens with two attached hydrogens (primary N) is 1. The quantitative estimate of drug-likeness (QED) is 0.657. The first-order chi connectivity index (χ1) is 10.1. The molecule has 0 saturated carbocycles. The molecule has 2 rings (SSSR count). The number of benzene rings is 2. The summed E-state index contributed by atoms with van der Waals surface area (Å²) in [5, 5.41) is 8.23. The highest BCUT2D eigenvalue weighted by molar-refractivity contribution is 6.16. The molecule has 0 aliphatic heterocycles. The highest BCUT2D eigenvalue weighted by Gasteiger charge is 2.17. The molecule has 108 valence electrons. The van der Waals surface area contributed by atoms with Crippen LogP contribution in [0.5, 0.6) is 0 Å². The van der Waals surface area contributed by atoms with Crippen LogP contribution in [0.15, 0.2) is 65.7 Å². The number of nitrogens with one attached hydrogen (secondary N) is 1. The third-order valence-electron chi connectivity index (χ3n) is 2.88. The van der Waals surface area contributed by atoms with Crippen LogP contribution in [0, 0.1) is 5.41 Å². The minimum atomic E-state index is 0.249. The van der Waals surface area contributed by atoms with Gasteiger partial charge < -0.3 is 10.6 Å². The minimum absolute atomic E-state index is 0.249. The lowest BCUT2D eigenvalue weighted by Gasteiger charge is -2.28.